The van der Waals surface area contributed by atoms with Gasteiger partial charge in [-0.15, -0.1) is 0 Å². The first kappa shape index (κ1) is 57.8. The zero-order chi connectivity index (χ0) is 64.6. The molecule has 6 aliphatic carbocycles. The summed E-state index contributed by atoms with van der Waals surface area (Å²) in [5, 5.41) is 15.1. The van der Waals surface area contributed by atoms with Crippen molar-refractivity contribution in [3.63, 3.8) is 0 Å². The predicted octanol–water partition coefficient (Wildman–Crippen LogP) is 26.4. The minimum Gasteiger partial charge on any atom is -0.311 e. The highest BCUT2D eigenvalue weighted by atomic mass is 15.2. The summed E-state index contributed by atoms with van der Waals surface area (Å²) in [5.41, 5.74) is 25.2. The molecule has 0 bridgehead atoms. The van der Waals surface area contributed by atoms with E-state index >= 15 is 0 Å². The Kier molecular flexibility index (Phi) is 14.3. The zero-order valence-corrected chi connectivity index (χ0v) is 54.9. The van der Waals surface area contributed by atoms with Gasteiger partial charge in [0.1, 0.15) is 0 Å². The number of allylic oxidation sites excluding steroid dienone is 17. The van der Waals surface area contributed by atoms with Crippen molar-refractivity contribution in [2.24, 2.45) is 5.92 Å². The largest absolute Gasteiger partial charge is 0.311 e. The maximum atomic E-state index is 2.57. The lowest BCUT2D eigenvalue weighted by Crippen LogP contribution is -2.19. The first-order valence-electron chi connectivity index (χ1n) is 35.3. The van der Waals surface area contributed by atoms with Gasteiger partial charge in [-0.05, 0) is 273 Å². The molecule has 19 rings (SSSR count). The minimum absolute atomic E-state index is 0.321. The van der Waals surface area contributed by atoms with E-state index in [9.17, 15) is 0 Å². The fourth-order valence-corrected chi connectivity index (χ4v) is 17.1. The third kappa shape index (κ3) is 10.00. The molecular weight excluding hydrogens is 1180 g/mol. The molecule has 0 fully saturated rings. The van der Waals surface area contributed by atoms with Gasteiger partial charge in [0, 0.05) is 46.0 Å². The summed E-state index contributed by atoms with van der Waals surface area (Å²) in [7, 11) is 0. The highest BCUT2D eigenvalue weighted by Gasteiger charge is 2.29. The fraction of sp³-hybridized carbons (Fsp3) is 0.104. The number of anilines is 5. The molecule has 466 valence electrons. The number of hydrogen-bond acceptors (Lipinski definition) is 2. The van der Waals surface area contributed by atoms with E-state index in [0.29, 0.717) is 11.8 Å². The third-order valence-corrected chi connectivity index (χ3v) is 21.7. The second kappa shape index (κ2) is 24.3. The van der Waals surface area contributed by atoms with Crippen LogP contribution in [-0.2, 0) is 12.8 Å². The van der Waals surface area contributed by atoms with Crippen molar-refractivity contribution in [3.8, 4) is 33.4 Å². The van der Waals surface area contributed by atoms with Crippen molar-refractivity contribution in [1.82, 2.24) is 0 Å². The van der Waals surface area contributed by atoms with Gasteiger partial charge >= 0.3 is 0 Å². The van der Waals surface area contributed by atoms with E-state index in [1.165, 1.54) is 148 Å². The van der Waals surface area contributed by atoms with Crippen molar-refractivity contribution in [3.05, 3.63) is 360 Å². The zero-order valence-electron chi connectivity index (χ0n) is 54.9. The summed E-state index contributed by atoms with van der Waals surface area (Å²) in [6.07, 6.45) is 47.9. The lowest BCUT2D eigenvalue weighted by Gasteiger charge is -2.31. The van der Waals surface area contributed by atoms with Crippen LogP contribution in [0.15, 0.2) is 327 Å². The van der Waals surface area contributed by atoms with Crippen LogP contribution in [0.3, 0.4) is 0 Å². The van der Waals surface area contributed by atoms with Gasteiger partial charge < -0.3 is 9.80 Å². The number of aryl methyl sites for hydroxylation is 1. The molecule has 0 N–H and O–H groups in total. The van der Waals surface area contributed by atoms with E-state index in [4.69, 9.17) is 0 Å². The van der Waals surface area contributed by atoms with Crippen LogP contribution in [0.5, 0.6) is 0 Å². The standard InChI is InChI=1S/C96H72N2/c1-3-25-67(26-4-1)89-62-90(68-43-48-76(49-44-68)97(78-52-39-63-21-7-11-29-71(63)57-78)79-53-40-64-22-8-12-30-72(64)58-79)95-83-34-16-15-33-82(83)91-61-75(93-86-37-19-17-35-84(86)92(69-27-5-2-6-28-69)85-36-18-20-38-87(85)93)47-56-88(91)96(95)94(89)70-45-50-77(51-46-70)98(80-54-41-65-23-9-13-31-73(65)59-80)81-55-42-66-24-10-14-32-74(66)60-81/h2-3,5-7,9-19,21,23-27,29-37,39-41,43-62,66,69H,1,4,8,20,22,28,38,42H2. The van der Waals surface area contributed by atoms with Crippen molar-refractivity contribution >= 4 is 111 Å². The minimum atomic E-state index is 0.321. The lowest BCUT2D eigenvalue weighted by molar-refractivity contribution is 0.768. The molecule has 0 amide bonds. The van der Waals surface area contributed by atoms with Crippen LogP contribution >= 0.6 is 0 Å². The van der Waals surface area contributed by atoms with Crippen LogP contribution in [0.25, 0.3) is 116 Å². The van der Waals surface area contributed by atoms with E-state index in [0.717, 1.165) is 79.8 Å². The molecule has 0 aromatic heterocycles. The van der Waals surface area contributed by atoms with E-state index in [-0.39, 0.29) is 0 Å². The Morgan fingerprint density at radius 2 is 0.980 bits per heavy atom. The number of fused-ring (bicyclic) bond motifs is 12. The summed E-state index contributed by atoms with van der Waals surface area (Å²) in [4.78, 5) is 4.93. The number of hydrogen-bond donors (Lipinski definition) is 0. The maximum absolute atomic E-state index is 2.57. The summed E-state index contributed by atoms with van der Waals surface area (Å²) in [5.74, 6) is 0.704. The topological polar surface area (TPSA) is 6.48 Å². The second-order valence-electron chi connectivity index (χ2n) is 27.4. The van der Waals surface area contributed by atoms with Crippen LogP contribution in [0, 0.1) is 5.92 Å². The van der Waals surface area contributed by atoms with Crippen LogP contribution in [-0.4, -0.2) is 0 Å². The average Bonchev–Trinajstić information content (AvgIpc) is 0.707. The summed E-state index contributed by atoms with van der Waals surface area (Å²) in [6, 6.07) is 86.1. The molecule has 13 aromatic carbocycles. The molecule has 98 heavy (non-hydrogen) atoms. The Balaban J connectivity index is 0.852. The molecule has 0 aliphatic heterocycles. The maximum Gasteiger partial charge on any atom is 0.0468 e. The Bertz CT molecular complexity index is 5810. The fourth-order valence-electron chi connectivity index (χ4n) is 17.1. The molecule has 0 heterocycles. The summed E-state index contributed by atoms with van der Waals surface area (Å²) >= 11 is 0. The van der Waals surface area contributed by atoms with Crippen LogP contribution < -0.4 is 9.80 Å². The van der Waals surface area contributed by atoms with Crippen LogP contribution in [0.1, 0.15) is 77.8 Å². The van der Waals surface area contributed by atoms with Crippen LogP contribution in [0.2, 0.25) is 0 Å². The Morgan fingerprint density at radius 1 is 0.347 bits per heavy atom. The van der Waals surface area contributed by atoms with Gasteiger partial charge in [0.2, 0.25) is 0 Å². The summed E-state index contributed by atoms with van der Waals surface area (Å²) in [6.45, 7) is 0. The number of nitrogens with zero attached hydrogens (tertiary/aromatic N) is 2. The van der Waals surface area contributed by atoms with Gasteiger partial charge in [-0.1, -0.05) is 249 Å². The molecule has 6 aliphatic rings. The molecule has 0 saturated carbocycles. The molecule has 2 atom stereocenters. The number of rotatable bonds is 11. The first-order valence-corrected chi connectivity index (χ1v) is 35.3. The average molecular weight is 1250 g/mol. The Morgan fingerprint density at radius 3 is 1.76 bits per heavy atom. The molecule has 0 saturated heterocycles. The van der Waals surface area contributed by atoms with Crippen molar-refractivity contribution in [1.29, 1.82) is 0 Å². The van der Waals surface area contributed by atoms with Crippen molar-refractivity contribution in [2.45, 2.75) is 57.3 Å². The molecule has 2 nitrogen and oxygen atoms in total. The lowest BCUT2D eigenvalue weighted by atomic mass is 9.76. The van der Waals surface area contributed by atoms with E-state index in [1.54, 1.807) is 0 Å². The van der Waals surface area contributed by atoms with E-state index in [1.807, 2.05) is 0 Å². The summed E-state index contributed by atoms with van der Waals surface area (Å²) < 4.78 is 0. The molecule has 0 radical (unpaired) electrons. The predicted molar refractivity (Wildman–Crippen MR) is 420 cm³/mol. The molecular formula is C96H72N2. The Labute approximate surface area is 573 Å². The van der Waals surface area contributed by atoms with Gasteiger partial charge in [-0.25, -0.2) is 0 Å². The smallest absolute Gasteiger partial charge is 0.0468 e. The molecule has 0 spiro atoms. The van der Waals surface area contributed by atoms with Gasteiger partial charge in [-0.2, -0.15) is 0 Å². The van der Waals surface area contributed by atoms with Gasteiger partial charge in [0.15, 0.2) is 0 Å². The quantitative estimate of drug-likeness (QED) is 0.119. The van der Waals surface area contributed by atoms with Crippen LogP contribution in [0.4, 0.5) is 28.4 Å². The van der Waals surface area contributed by atoms with Gasteiger partial charge in [-0.3, -0.25) is 0 Å². The third-order valence-electron chi connectivity index (χ3n) is 21.7. The molecule has 2 heteroatoms. The van der Waals surface area contributed by atoms with Gasteiger partial charge in [0.05, 0.1) is 0 Å². The normalized spacial score (nSPS) is 16.8. The van der Waals surface area contributed by atoms with Gasteiger partial charge in [0.25, 0.3) is 0 Å². The number of benzene rings is 13. The highest BCUT2D eigenvalue weighted by Crippen LogP contribution is 2.52. The monoisotopic (exact) mass is 1250 g/mol. The molecule has 13 aromatic rings. The SMILES string of the molecule is C1=CCC(c2c3c(c(-c4ccc5c(c4)c4ccccc4c4c(-c6ccc(N(c7ccc8c(c7)C=CCC8)c7ccc8ccccc8c7)cc6)cc(C6=CCCC=C6)c(-c6ccc(N(C7=CCC8C=CC=CC8=C7)c7ccc8ccccc8c7)cc6)c54)c4ccccc24)CCC=C3)C=C1. The first-order chi connectivity index (χ1) is 48.6. The van der Waals surface area contributed by atoms with E-state index < -0.39 is 0 Å². The Hall–Kier alpha value is -11.6. The van der Waals surface area contributed by atoms with E-state index in [2.05, 4.69) is 338 Å². The highest BCUT2D eigenvalue weighted by molar-refractivity contribution is 6.33. The van der Waals surface area contributed by atoms with Crippen molar-refractivity contribution < 1.29 is 0 Å². The van der Waals surface area contributed by atoms with Crippen molar-refractivity contribution in [2.75, 3.05) is 9.80 Å². The molecule has 2 unspecified atom stereocenters. The second-order valence-corrected chi connectivity index (χ2v) is 27.4.